The third-order valence-electron chi connectivity index (χ3n) is 10.4. The van der Waals surface area contributed by atoms with Crippen LogP contribution in [-0.2, 0) is 42.9 Å². The van der Waals surface area contributed by atoms with Gasteiger partial charge < -0.3 is 24.3 Å². The van der Waals surface area contributed by atoms with Crippen LogP contribution in [0.5, 0.6) is 0 Å². The summed E-state index contributed by atoms with van der Waals surface area (Å²) < 4.78 is 20.9. The van der Waals surface area contributed by atoms with Crippen LogP contribution in [0, 0.1) is 0 Å². The Kier molecular flexibility index (Phi) is 13.6. The molecule has 12 nitrogen and oxygen atoms in total. The maximum Gasteiger partial charge on any atom is 0.417 e. The quantitative estimate of drug-likeness (QED) is 0.140. The predicted octanol–water partition coefficient (Wildman–Crippen LogP) is 7.46. The number of imide groups is 1. The van der Waals surface area contributed by atoms with Crippen LogP contribution in [0.4, 0.5) is 4.79 Å². The van der Waals surface area contributed by atoms with Crippen LogP contribution >= 0.6 is 0 Å². The maximum absolute atomic E-state index is 12.7. The molecule has 4 aliphatic rings. The Hall–Kier alpha value is -6.30. The van der Waals surface area contributed by atoms with Gasteiger partial charge >= 0.3 is 24.0 Å². The number of benzene rings is 4. The molecule has 0 spiro atoms. The first-order chi connectivity index (χ1) is 28.3. The summed E-state index contributed by atoms with van der Waals surface area (Å²) in [5.74, 6) is -1.54. The molecule has 2 aliphatic heterocycles. The summed E-state index contributed by atoms with van der Waals surface area (Å²) in [7, 11) is 0. The zero-order chi connectivity index (χ0) is 42.2. The summed E-state index contributed by atoms with van der Waals surface area (Å²) >= 11 is 0. The highest BCUT2D eigenvalue weighted by molar-refractivity contribution is 5.99. The lowest BCUT2D eigenvalue weighted by Gasteiger charge is -2.23. The lowest BCUT2D eigenvalue weighted by molar-refractivity contribution is -0.154. The van der Waals surface area contributed by atoms with Crippen molar-refractivity contribution in [2.24, 2.45) is 0 Å². The Balaban J connectivity index is 0.000000165. The maximum atomic E-state index is 12.7. The number of hydrogen-bond donors (Lipinski definition) is 1. The molecule has 2 atom stereocenters. The minimum Gasteiger partial charge on any atom is -0.465 e. The van der Waals surface area contributed by atoms with E-state index in [9.17, 15) is 28.8 Å². The second kappa shape index (κ2) is 19.0. The van der Waals surface area contributed by atoms with Crippen molar-refractivity contribution in [3.8, 4) is 22.3 Å². The van der Waals surface area contributed by atoms with E-state index in [1.165, 1.54) is 29.2 Å². The van der Waals surface area contributed by atoms with E-state index in [4.69, 9.17) is 18.9 Å². The minimum absolute atomic E-state index is 0.0688. The Morgan fingerprint density at radius 1 is 0.610 bits per heavy atom. The Bertz CT molecular complexity index is 2120. The molecule has 2 aliphatic carbocycles. The van der Waals surface area contributed by atoms with Crippen molar-refractivity contribution in [1.29, 1.82) is 0 Å². The second-order valence-corrected chi connectivity index (χ2v) is 15.3. The number of carbonyl (C=O) groups excluding carboxylic acids is 6. The highest BCUT2D eigenvalue weighted by Gasteiger charge is 2.43. The molecule has 2 heterocycles. The average Bonchev–Trinajstić information content (AvgIpc) is 3.98. The lowest BCUT2D eigenvalue weighted by atomic mass is 9.98. The zero-order valence-electron chi connectivity index (χ0n) is 34.0. The molecule has 1 N–H and O–H groups in total. The number of fused-ring (bicyclic) bond motifs is 6. The molecule has 4 aromatic rings. The van der Waals surface area contributed by atoms with E-state index in [2.05, 4.69) is 41.7 Å². The van der Waals surface area contributed by atoms with E-state index in [1.807, 2.05) is 60.7 Å². The van der Waals surface area contributed by atoms with Gasteiger partial charge in [0.1, 0.15) is 25.3 Å². The molecule has 2 saturated heterocycles. The van der Waals surface area contributed by atoms with E-state index in [1.54, 1.807) is 27.7 Å². The van der Waals surface area contributed by atoms with Gasteiger partial charge in [0.05, 0.1) is 12.2 Å². The van der Waals surface area contributed by atoms with Gasteiger partial charge in [0.15, 0.2) is 0 Å². The van der Waals surface area contributed by atoms with Gasteiger partial charge in [-0.2, -0.15) is 0 Å². The van der Waals surface area contributed by atoms with Crippen molar-refractivity contribution in [3.05, 3.63) is 119 Å². The summed E-state index contributed by atoms with van der Waals surface area (Å²) in [6, 6.07) is 31.4. The largest absolute Gasteiger partial charge is 0.465 e. The van der Waals surface area contributed by atoms with Crippen LogP contribution in [-0.4, -0.2) is 78.2 Å². The molecule has 2 fully saturated rings. The molecule has 0 saturated carbocycles. The van der Waals surface area contributed by atoms with E-state index < -0.39 is 30.1 Å². The summed E-state index contributed by atoms with van der Waals surface area (Å²) in [4.78, 5) is 71.0. The van der Waals surface area contributed by atoms with Gasteiger partial charge in [0.2, 0.25) is 11.8 Å². The number of esters is 3. The fraction of sp³-hybridized carbons (Fsp3) is 0.362. The summed E-state index contributed by atoms with van der Waals surface area (Å²) in [6.45, 7) is 9.00. The summed E-state index contributed by atoms with van der Waals surface area (Å²) in [6.07, 6.45) is 0.149. The number of likely N-dealkylation sites (tertiary alicyclic amines) is 1. The van der Waals surface area contributed by atoms with Crippen LogP contribution in [0.25, 0.3) is 22.3 Å². The van der Waals surface area contributed by atoms with E-state index in [0.717, 1.165) is 27.2 Å². The Morgan fingerprint density at radius 2 is 1.03 bits per heavy atom. The monoisotopic (exact) mass is 802 g/mol. The third kappa shape index (κ3) is 9.88. The Labute approximate surface area is 344 Å². The lowest BCUT2D eigenvalue weighted by Crippen LogP contribution is -2.44. The number of nitrogens with one attached hydrogen (secondary N) is 1. The van der Waals surface area contributed by atoms with Crippen molar-refractivity contribution >= 4 is 35.8 Å². The molecule has 308 valence electrons. The first-order valence-corrected chi connectivity index (χ1v) is 20.0. The van der Waals surface area contributed by atoms with Gasteiger partial charge in [-0.05, 0) is 85.0 Å². The van der Waals surface area contributed by atoms with Crippen molar-refractivity contribution in [2.75, 3.05) is 13.2 Å². The number of ether oxygens (including phenoxy) is 4. The van der Waals surface area contributed by atoms with Gasteiger partial charge in [0.25, 0.3) is 0 Å². The van der Waals surface area contributed by atoms with Gasteiger partial charge in [-0.25, -0.2) is 19.3 Å². The van der Waals surface area contributed by atoms with E-state index in [-0.39, 0.29) is 61.3 Å². The molecule has 0 radical (unpaired) electrons. The SMILES string of the molecule is CC(=O)OCC1c2ccccc2-c2ccccc21.CC(C)OC(=O)[C@@H]1CCC(=O)N1.CC(C)OC(=O)[C@@H]1CCC(=O)N1C(=O)OCC1c2ccccc2-c2ccccc21. The Morgan fingerprint density at radius 3 is 1.44 bits per heavy atom. The molecule has 8 rings (SSSR count). The van der Waals surface area contributed by atoms with Crippen LogP contribution < -0.4 is 5.32 Å². The highest BCUT2D eigenvalue weighted by atomic mass is 16.6. The minimum atomic E-state index is -0.916. The van der Waals surface area contributed by atoms with Crippen LogP contribution in [0.2, 0.25) is 0 Å². The summed E-state index contributed by atoms with van der Waals surface area (Å²) in [5, 5.41) is 2.55. The fourth-order valence-electron chi connectivity index (χ4n) is 7.86. The number of amides is 3. The molecular weight excluding hydrogens is 753 g/mol. The number of hydrogen-bond acceptors (Lipinski definition) is 10. The van der Waals surface area contributed by atoms with Crippen LogP contribution in [0.15, 0.2) is 97.1 Å². The molecule has 4 aromatic carbocycles. The average molecular weight is 803 g/mol. The van der Waals surface area contributed by atoms with Crippen molar-refractivity contribution < 1.29 is 47.7 Å². The first kappa shape index (κ1) is 42.3. The topological polar surface area (TPSA) is 155 Å². The van der Waals surface area contributed by atoms with Gasteiger partial charge in [-0.15, -0.1) is 0 Å². The molecule has 0 bridgehead atoms. The van der Waals surface area contributed by atoms with E-state index >= 15 is 0 Å². The van der Waals surface area contributed by atoms with Gasteiger partial charge in [-0.1, -0.05) is 97.1 Å². The van der Waals surface area contributed by atoms with E-state index in [0.29, 0.717) is 19.4 Å². The van der Waals surface area contributed by atoms with Crippen molar-refractivity contribution in [3.63, 3.8) is 0 Å². The standard InChI is InChI=1S/C23H23NO5.C16H14O2.C8H13NO3/c1-14(2)29-22(26)20-11-12-21(25)24(20)23(27)28-13-19-17-9-5-3-7-15(17)16-8-4-6-10-18(16)19;1-11(17)18-10-16-14-8-4-2-6-12(14)13-7-3-5-9-15(13)16;1-5(2)12-8(11)6-3-4-7(10)9-6/h3-10,14,19-20H,11-13H2,1-2H3;2-9,16H,10H2,1H3;5-6H,3-4H2,1-2H3,(H,9,10)/t20-;;6-/m0.0/s1. The van der Waals surface area contributed by atoms with Gasteiger partial charge in [-0.3, -0.25) is 14.4 Å². The first-order valence-electron chi connectivity index (χ1n) is 20.0. The molecular formula is C47H50N2O10. The molecule has 59 heavy (non-hydrogen) atoms. The number of carbonyl (C=O) groups is 6. The number of rotatable bonds is 8. The third-order valence-corrected chi connectivity index (χ3v) is 10.4. The zero-order valence-corrected chi connectivity index (χ0v) is 34.0. The smallest absolute Gasteiger partial charge is 0.417 e. The van der Waals surface area contributed by atoms with Crippen molar-refractivity contribution in [1.82, 2.24) is 10.2 Å². The number of nitrogens with zero attached hydrogens (tertiary/aromatic N) is 1. The molecule has 0 aromatic heterocycles. The fourth-order valence-corrected chi connectivity index (χ4v) is 7.86. The predicted molar refractivity (Wildman–Crippen MR) is 219 cm³/mol. The van der Waals surface area contributed by atoms with Crippen molar-refractivity contribution in [2.45, 2.75) is 96.4 Å². The van der Waals surface area contributed by atoms with Crippen LogP contribution in [0.1, 0.15) is 94.4 Å². The normalized spacial score (nSPS) is 17.4. The second-order valence-electron chi connectivity index (χ2n) is 15.3. The molecule has 3 amide bonds. The van der Waals surface area contributed by atoms with Crippen LogP contribution in [0.3, 0.4) is 0 Å². The highest BCUT2D eigenvalue weighted by Crippen LogP contribution is 2.45. The summed E-state index contributed by atoms with van der Waals surface area (Å²) in [5.41, 5.74) is 9.44. The molecule has 12 heteroatoms. The van der Waals surface area contributed by atoms with Gasteiger partial charge in [0, 0.05) is 31.6 Å². The molecule has 0 unspecified atom stereocenters.